The zero-order valence-corrected chi connectivity index (χ0v) is 11.1. The van der Waals surface area contributed by atoms with Gasteiger partial charge in [-0.05, 0) is 17.2 Å². The fraction of sp³-hybridized carbons (Fsp3) is 0.500. The van der Waals surface area contributed by atoms with Gasteiger partial charge in [0, 0.05) is 26.6 Å². The molecule has 104 valence electrons. The number of carboxylic acid groups (broad SMARTS) is 1. The second-order valence-corrected chi connectivity index (χ2v) is 4.64. The van der Waals surface area contributed by atoms with Crippen LogP contribution in [0.2, 0.25) is 0 Å². The second-order valence-electron chi connectivity index (χ2n) is 4.64. The van der Waals surface area contributed by atoms with Crippen molar-refractivity contribution in [2.45, 2.75) is 13.0 Å². The second kappa shape index (κ2) is 6.54. The Morgan fingerprint density at radius 3 is 3.11 bits per heavy atom. The highest BCUT2D eigenvalue weighted by Gasteiger charge is 2.14. The predicted molar refractivity (Wildman–Crippen MR) is 70.4 cm³/mol. The summed E-state index contributed by atoms with van der Waals surface area (Å²) in [6, 6.07) is 6.06. The zero-order valence-electron chi connectivity index (χ0n) is 11.1. The van der Waals surface area contributed by atoms with E-state index in [1.807, 2.05) is 17.0 Å². The molecular formula is C14H19NO4. The van der Waals surface area contributed by atoms with Crippen LogP contribution in [0.4, 0.5) is 0 Å². The highest BCUT2D eigenvalue weighted by Crippen LogP contribution is 2.26. The van der Waals surface area contributed by atoms with Crippen LogP contribution in [0.1, 0.15) is 11.1 Å². The van der Waals surface area contributed by atoms with Crippen molar-refractivity contribution < 1.29 is 19.4 Å². The maximum absolute atomic E-state index is 10.8. The zero-order chi connectivity index (χ0) is 13.7. The molecule has 1 N–H and O–H groups in total. The number of carboxylic acids is 1. The van der Waals surface area contributed by atoms with Gasteiger partial charge < -0.3 is 14.6 Å². The minimum atomic E-state index is -0.819. The van der Waals surface area contributed by atoms with Crippen molar-refractivity contribution in [1.82, 2.24) is 4.90 Å². The largest absolute Gasteiger partial charge is 0.493 e. The minimum Gasteiger partial charge on any atom is -0.493 e. The van der Waals surface area contributed by atoms with E-state index in [0.717, 1.165) is 24.3 Å². The van der Waals surface area contributed by atoms with Gasteiger partial charge in [0.1, 0.15) is 5.75 Å². The van der Waals surface area contributed by atoms with Crippen molar-refractivity contribution >= 4 is 5.97 Å². The highest BCUT2D eigenvalue weighted by atomic mass is 16.5. The molecule has 1 aromatic carbocycles. The van der Waals surface area contributed by atoms with Crippen molar-refractivity contribution in [2.75, 3.05) is 33.4 Å². The number of carbonyl (C=O) groups is 1. The Hall–Kier alpha value is -1.59. The Kier molecular flexibility index (Phi) is 4.76. The van der Waals surface area contributed by atoms with E-state index in [1.54, 1.807) is 7.11 Å². The fourth-order valence-corrected chi connectivity index (χ4v) is 2.22. The minimum absolute atomic E-state index is 0.0247. The first kappa shape index (κ1) is 13.8. The predicted octanol–water partition coefficient (Wildman–Crippen LogP) is 1.15. The number of fused-ring (bicyclic) bond motifs is 1. The summed E-state index contributed by atoms with van der Waals surface area (Å²) in [6.07, 6.45) is 0.931. The number of nitrogens with zero attached hydrogens (tertiary/aromatic N) is 1. The fourth-order valence-electron chi connectivity index (χ4n) is 2.22. The molecule has 0 aromatic heterocycles. The van der Waals surface area contributed by atoms with Crippen LogP contribution in [0.5, 0.6) is 5.75 Å². The smallest absolute Gasteiger partial charge is 0.317 e. The van der Waals surface area contributed by atoms with E-state index in [4.69, 9.17) is 14.6 Å². The Labute approximate surface area is 112 Å². The van der Waals surface area contributed by atoms with Gasteiger partial charge in [-0.3, -0.25) is 9.69 Å². The molecule has 2 rings (SSSR count). The average molecular weight is 265 g/mol. The van der Waals surface area contributed by atoms with Gasteiger partial charge >= 0.3 is 5.97 Å². The van der Waals surface area contributed by atoms with Gasteiger partial charge in [-0.25, -0.2) is 0 Å². The first-order valence-electron chi connectivity index (χ1n) is 6.36. The molecule has 0 atom stereocenters. The lowest BCUT2D eigenvalue weighted by molar-refractivity contribution is -0.138. The van der Waals surface area contributed by atoms with E-state index < -0.39 is 5.97 Å². The maximum atomic E-state index is 10.8. The lowest BCUT2D eigenvalue weighted by atomic mass is 10.1. The van der Waals surface area contributed by atoms with Crippen LogP contribution in [-0.4, -0.2) is 49.4 Å². The van der Waals surface area contributed by atoms with Crippen molar-refractivity contribution in [3.8, 4) is 5.75 Å². The molecule has 0 saturated heterocycles. The van der Waals surface area contributed by atoms with Crippen molar-refractivity contribution in [3.63, 3.8) is 0 Å². The first-order valence-corrected chi connectivity index (χ1v) is 6.36. The Morgan fingerprint density at radius 2 is 2.37 bits per heavy atom. The third-order valence-electron chi connectivity index (χ3n) is 3.13. The standard InChI is InChI=1S/C14H19NO4/c1-18-7-5-15(10-14(16)17)9-11-2-3-13-12(8-11)4-6-19-13/h2-3,8H,4-7,9-10H2,1H3,(H,16,17). The average Bonchev–Trinajstić information content (AvgIpc) is 2.82. The van der Waals surface area contributed by atoms with Crippen LogP contribution >= 0.6 is 0 Å². The van der Waals surface area contributed by atoms with E-state index in [9.17, 15) is 4.79 Å². The molecule has 1 aliphatic rings. The summed E-state index contributed by atoms with van der Waals surface area (Å²) in [6.45, 7) is 2.51. The summed E-state index contributed by atoms with van der Waals surface area (Å²) < 4.78 is 10.5. The first-order chi connectivity index (χ1) is 9.19. The number of aliphatic carboxylic acids is 1. The topological polar surface area (TPSA) is 59.0 Å². The quantitative estimate of drug-likeness (QED) is 0.801. The van der Waals surface area contributed by atoms with Crippen LogP contribution in [-0.2, 0) is 22.5 Å². The van der Waals surface area contributed by atoms with Crippen LogP contribution in [0, 0.1) is 0 Å². The molecule has 0 spiro atoms. The number of hydrogen-bond donors (Lipinski definition) is 1. The summed E-state index contributed by atoms with van der Waals surface area (Å²) in [7, 11) is 1.62. The molecule has 1 heterocycles. The molecule has 0 fully saturated rings. The van der Waals surface area contributed by atoms with Crippen LogP contribution in [0.25, 0.3) is 0 Å². The number of hydrogen-bond acceptors (Lipinski definition) is 4. The van der Waals surface area contributed by atoms with Crippen molar-refractivity contribution in [2.24, 2.45) is 0 Å². The van der Waals surface area contributed by atoms with E-state index >= 15 is 0 Å². The molecule has 5 nitrogen and oxygen atoms in total. The van der Waals surface area contributed by atoms with Gasteiger partial charge in [0.2, 0.25) is 0 Å². The van der Waals surface area contributed by atoms with Gasteiger partial charge in [-0.2, -0.15) is 0 Å². The number of rotatable bonds is 7. The SMILES string of the molecule is COCCN(CC(=O)O)Cc1ccc2c(c1)CCO2. The monoisotopic (exact) mass is 265 g/mol. The molecular weight excluding hydrogens is 246 g/mol. The lowest BCUT2D eigenvalue weighted by Crippen LogP contribution is -2.32. The van der Waals surface area contributed by atoms with Crippen molar-refractivity contribution in [3.05, 3.63) is 29.3 Å². The van der Waals surface area contributed by atoms with E-state index in [0.29, 0.717) is 19.7 Å². The van der Waals surface area contributed by atoms with Gasteiger partial charge in [-0.1, -0.05) is 12.1 Å². The third-order valence-corrected chi connectivity index (χ3v) is 3.13. The van der Waals surface area contributed by atoms with E-state index in [1.165, 1.54) is 5.56 Å². The third kappa shape index (κ3) is 3.94. The van der Waals surface area contributed by atoms with E-state index in [2.05, 4.69) is 6.07 Å². The molecule has 1 aliphatic heterocycles. The van der Waals surface area contributed by atoms with Crippen molar-refractivity contribution in [1.29, 1.82) is 0 Å². The summed E-state index contributed by atoms with van der Waals surface area (Å²) in [5.74, 6) is 0.131. The molecule has 5 heteroatoms. The van der Waals surface area contributed by atoms with Gasteiger partial charge in [0.05, 0.1) is 19.8 Å². The maximum Gasteiger partial charge on any atom is 0.317 e. The lowest BCUT2D eigenvalue weighted by Gasteiger charge is -2.20. The molecule has 0 radical (unpaired) electrons. The van der Waals surface area contributed by atoms with E-state index in [-0.39, 0.29) is 6.54 Å². The molecule has 1 aromatic rings. The molecule has 0 amide bonds. The molecule has 0 aliphatic carbocycles. The summed E-state index contributed by atoms with van der Waals surface area (Å²) in [4.78, 5) is 12.7. The Bertz CT molecular complexity index is 447. The highest BCUT2D eigenvalue weighted by molar-refractivity contribution is 5.69. The van der Waals surface area contributed by atoms with Crippen LogP contribution in [0.3, 0.4) is 0 Å². The van der Waals surface area contributed by atoms with Crippen LogP contribution < -0.4 is 4.74 Å². The number of methoxy groups -OCH3 is 1. The molecule has 0 bridgehead atoms. The Morgan fingerprint density at radius 1 is 1.53 bits per heavy atom. The van der Waals surface area contributed by atoms with Gasteiger partial charge in [0.25, 0.3) is 0 Å². The number of benzene rings is 1. The summed E-state index contributed by atoms with van der Waals surface area (Å²) >= 11 is 0. The molecule has 19 heavy (non-hydrogen) atoms. The normalized spacial score (nSPS) is 13.4. The van der Waals surface area contributed by atoms with Gasteiger partial charge in [-0.15, -0.1) is 0 Å². The molecule has 0 saturated carbocycles. The summed E-state index contributed by atoms with van der Waals surface area (Å²) in [5, 5.41) is 8.91. The number of ether oxygens (including phenoxy) is 2. The summed E-state index contributed by atoms with van der Waals surface area (Å²) in [5.41, 5.74) is 2.32. The Balaban J connectivity index is 2.01. The van der Waals surface area contributed by atoms with Crippen LogP contribution in [0.15, 0.2) is 18.2 Å². The van der Waals surface area contributed by atoms with Gasteiger partial charge in [0.15, 0.2) is 0 Å². The molecule has 0 unspecified atom stereocenters.